The lowest BCUT2D eigenvalue weighted by Crippen LogP contribution is -2.31. The van der Waals surface area contributed by atoms with E-state index in [-0.39, 0.29) is 6.04 Å². The molecule has 0 aromatic heterocycles. The van der Waals surface area contributed by atoms with E-state index in [9.17, 15) is 0 Å². The molecule has 5 heteroatoms. The summed E-state index contributed by atoms with van der Waals surface area (Å²) in [4.78, 5) is 2.49. The first kappa shape index (κ1) is 20.5. The van der Waals surface area contributed by atoms with E-state index in [0.29, 0.717) is 6.04 Å². The Morgan fingerprint density at radius 3 is 2.63 bits per heavy atom. The molecular formula is C22H30ClN3S. The molecule has 1 aliphatic rings. The predicted octanol–water partition coefficient (Wildman–Crippen LogP) is 5.22. The van der Waals surface area contributed by atoms with Crippen LogP contribution in [0.3, 0.4) is 0 Å². The van der Waals surface area contributed by atoms with Crippen LogP contribution < -0.4 is 9.62 Å². The number of likely N-dealkylation sites (tertiary alicyclic amines) is 1. The molecule has 0 radical (unpaired) electrons. The first-order chi connectivity index (χ1) is 13.1. The minimum Gasteiger partial charge on any atom is -0.319 e. The molecule has 0 bridgehead atoms. The van der Waals surface area contributed by atoms with Crippen molar-refractivity contribution in [3.05, 3.63) is 64.7 Å². The Kier molecular flexibility index (Phi) is 7.48. The summed E-state index contributed by atoms with van der Waals surface area (Å²) in [6.07, 6.45) is 5.93. The molecule has 1 saturated heterocycles. The number of benzene rings is 2. The summed E-state index contributed by atoms with van der Waals surface area (Å²) in [5, 5.41) is 4.61. The highest BCUT2D eigenvalue weighted by Crippen LogP contribution is 2.33. The average Bonchev–Trinajstić information content (AvgIpc) is 3.10. The predicted molar refractivity (Wildman–Crippen MR) is 120 cm³/mol. The van der Waals surface area contributed by atoms with Crippen molar-refractivity contribution in [1.29, 1.82) is 0 Å². The Balaban J connectivity index is 1.83. The Labute approximate surface area is 173 Å². The van der Waals surface area contributed by atoms with E-state index in [4.69, 9.17) is 11.6 Å². The van der Waals surface area contributed by atoms with Gasteiger partial charge in [-0.25, -0.2) is 0 Å². The summed E-state index contributed by atoms with van der Waals surface area (Å²) in [6, 6.07) is 17.8. The molecule has 146 valence electrons. The fourth-order valence-electron chi connectivity index (χ4n) is 3.92. The first-order valence-electron chi connectivity index (χ1n) is 9.66. The van der Waals surface area contributed by atoms with Gasteiger partial charge in [0.25, 0.3) is 0 Å². The third kappa shape index (κ3) is 5.20. The Morgan fingerprint density at radius 2 is 1.96 bits per heavy atom. The largest absolute Gasteiger partial charge is 0.319 e. The summed E-state index contributed by atoms with van der Waals surface area (Å²) < 4.78 is 2.23. The van der Waals surface area contributed by atoms with Crippen LogP contribution in [0.5, 0.6) is 0 Å². The normalized spacial score (nSPS) is 18.6. The lowest BCUT2D eigenvalue weighted by atomic mass is 9.96. The Morgan fingerprint density at radius 1 is 1.22 bits per heavy atom. The van der Waals surface area contributed by atoms with E-state index < -0.39 is 0 Å². The number of anilines is 1. The van der Waals surface area contributed by atoms with Crippen LogP contribution in [-0.2, 0) is 0 Å². The average molecular weight is 404 g/mol. The number of nitrogens with one attached hydrogen (secondary N) is 1. The SMILES string of the molecule is CSN(C)c1ccccc1C(NCCC1CCCN1C)c1ccc(Cl)cc1. The second kappa shape index (κ2) is 9.83. The van der Waals surface area contributed by atoms with Gasteiger partial charge in [-0.1, -0.05) is 53.9 Å². The van der Waals surface area contributed by atoms with Crippen LogP contribution >= 0.6 is 23.5 Å². The van der Waals surface area contributed by atoms with Gasteiger partial charge in [0.15, 0.2) is 0 Å². The number of rotatable bonds is 8. The molecule has 0 aliphatic carbocycles. The third-order valence-electron chi connectivity index (χ3n) is 5.56. The molecule has 0 saturated carbocycles. The number of nitrogens with zero attached hydrogens (tertiary/aromatic N) is 2. The van der Waals surface area contributed by atoms with Crippen molar-refractivity contribution in [1.82, 2.24) is 10.2 Å². The molecule has 2 aromatic carbocycles. The molecule has 2 unspecified atom stereocenters. The summed E-state index contributed by atoms with van der Waals surface area (Å²) >= 11 is 7.86. The standard InChI is InChI=1S/C22H30ClN3S/c1-25-16-6-7-19(25)14-15-24-22(17-10-12-18(23)13-11-17)20-8-4-5-9-21(20)26(2)27-3/h4-5,8-13,19,22,24H,6-7,14-16H2,1-3H3. The highest BCUT2D eigenvalue weighted by molar-refractivity contribution is 7.99. The van der Waals surface area contributed by atoms with E-state index in [1.54, 1.807) is 11.9 Å². The Hall–Kier alpha value is -1.20. The van der Waals surface area contributed by atoms with Crippen LogP contribution in [0.1, 0.15) is 36.4 Å². The summed E-state index contributed by atoms with van der Waals surface area (Å²) in [5.74, 6) is 0. The van der Waals surface area contributed by atoms with Gasteiger partial charge >= 0.3 is 0 Å². The summed E-state index contributed by atoms with van der Waals surface area (Å²) in [5.41, 5.74) is 3.80. The fourth-order valence-corrected chi connectivity index (χ4v) is 4.41. The molecular weight excluding hydrogens is 374 g/mol. The van der Waals surface area contributed by atoms with Crippen molar-refractivity contribution < 1.29 is 0 Å². The van der Waals surface area contributed by atoms with E-state index in [1.807, 2.05) is 12.1 Å². The van der Waals surface area contributed by atoms with E-state index in [0.717, 1.165) is 11.6 Å². The van der Waals surface area contributed by atoms with Crippen molar-refractivity contribution in [2.45, 2.75) is 31.3 Å². The topological polar surface area (TPSA) is 18.5 Å². The van der Waals surface area contributed by atoms with Crippen molar-refractivity contribution in [3.8, 4) is 0 Å². The zero-order valence-corrected chi connectivity index (χ0v) is 18.1. The van der Waals surface area contributed by atoms with E-state index in [1.165, 1.54) is 42.6 Å². The van der Waals surface area contributed by atoms with Crippen molar-refractivity contribution in [2.75, 3.05) is 37.7 Å². The van der Waals surface area contributed by atoms with Crippen molar-refractivity contribution in [3.63, 3.8) is 0 Å². The van der Waals surface area contributed by atoms with Crippen LogP contribution in [-0.4, -0.2) is 44.4 Å². The molecule has 3 nitrogen and oxygen atoms in total. The molecule has 2 atom stereocenters. The molecule has 0 spiro atoms. The summed E-state index contributed by atoms with van der Waals surface area (Å²) in [6.45, 7) is 2.23. The minimum atomic E-state index is 0.153. The van der Waals surface area contributed by atoms with Gasteiger partial charge in [0, 0.05) is 24.4 Å². The molecule has 3 rings (SSSR count). The van der Waals surface area contributed by atoms with E-state index >= 15 is 0 Å². The monoisotopic (exact) mass is 403 g/mol. The maximum atomic E-state index is 6.14. The number of halogens is 1. The van der Waals surface area contributed by atoms with Gasteiger partial charge in [-0.3, -0.25) is 0 Å². The van der Waals surface area contributed by atoms with Gasteiger partial charge in [-0.05, 0) is 68.7 Å². The minimum absolute atomic E-state index is 0.153. The molecule has 2 aromatic rings. The van der Waals surface area contributed by atoms with Crippen LogP contribution in [0, 0.1) is 0 Å². The number of hydrogen-bond donors (Lipinski definition) is 1. The van der Waals surface area contributed by atoms with Crippen LogP contribution in [0.25, 0.3) is 0 Å². The second-order valence-electron chi connectivity index (χ2n) is 7.24. The van der Waals surface area contributed by atoms with Crippen molar-refractivity contribution >= 4 is 29.2 Å². The maximum absolute atomic E-state index is 6.14. The van der Waals surface area contributed by atoms with Gasteiger partial charge in [0.2, 0.25) is 0 Å². The van der Waals surface area contributed by atoms with Gasteiger partial charge in [-0.15, -0.1) is 0 Å². The summed E-state index contributed by atoms with van der Waals surface area (Å²) in [7, 11) is 4.37. The lowest BCUT2D eigenvalue weighted by molar-refractivity contribution is 0.292. The van der Waals surface area contributed by atoms with Gasteiger partial charge in [0.05, 0.1) is 11.7 Å². The smallest absolute Gasteiger partial charge is 0.0597 e. The fraction of sp³-hybridized carbons (Fsp3) is 0.455. The van der Waals surface area contributed by atoms with Gasteiger partial charge in [-0.2, -0.15) is 0 Å². The Bertz CT molecular complexity index is 722. The van der Waals surface area contributed by atoms with Crippen LogP contribution in [0.4, 0.5) is 5.69 Å². The quantitative estimate of drug-likeness (QED) is 0.609. The third-order valence-corrected chi connectivity index (χ3v) is 6.56. The second-order valence-corrected chi connectivity index (χ2v) is 8.59. The maximum Gasteiger partial charge on any atom is 0.0597 e. The number of hydrogen-bond acceptors (Lipinski definition) is 4. The lowest BCUT2D eigenvalue weighted by Gasteiger charge is -2.27. The molecule has 1 N–H and O–H groups in total. The molecule has 1 heterocycles. The van der Waals surface area contributed by atoms with Crippen LogP contribution in [0.2, 0.25) is 5.02 Å². The zero-order chi connectivity index (χ0) is 19.2. The highest BCUT2D eigenvalue weighted by Gasteiger charge is 2.22. The van der Waals surface area contributed by atoms with Gasteiger partial charge < -0.3 is 14.5 Å². The van der Waals surface area contributed by atoms with Gasteiger partial charge in [0.1, 0.15) is 0 Å². The number of para-hydroxylation sites is 1. The molecule has 27 heavy (non-hydrogen) atoms. The van der Waals surface area contributed by atoms with Crippen molar-refractivity contribution in [2.24, 2.45) is 0 Å². The van der Waals surface area contributed by atoms with E-state index in [2.05, 4.69) is 71.3 Å². The molecule has 1 aliphatic heterocycles. The first-order valence-corrected chi connectivity index (χ1v) is 11.2. The molecule has 0 amide bonds. The zero-order valence-electron chi connectivity index (χ0n) is 16.5. The highest BCUT2D eigenvalue weighted by atomic mass is 35.5. The van der Waals surface area contributed by atoms with Crippen LogP contribution in [0.15, 0.2) is 48.5 Å². The molecule has 1 fully saturated rings.